The SMILES string of the molecule is Cc1ccc(-c2cc(=O)cc(C(F)(F)F)[nH]2)cc1. The van der Waals surface area contributed by atoms with Gasteiger partial charge in [-0.25, -0.2) is 0 Å². The van der Waals surface area contributed by atoms with Gasteiger partial charge in [0.15, 0.2) is 5.43 Å². The molecule has 18 heavy (non-hydrogen) atoms. The van der Waals surface area contributed by atoms with Gasteiger partial charge in [-0.3, -0.25) is 4.79 Å². The van der Waals surface area contributed by atoms with Crippen LogP contribution in [-0.2, 0) is 6.18 Å². The number of rotatable bonds is 1. The largest absolute Gasteiger partial charge is 0.431 e. The third-order valence-electron chi connectivity index (χ3n) is 2.51. The predicted molar refractivity (Wildman–Crippen MR) is 62.2 cm³/mol. The number of halogens is 3. The van der Waals surface area contributed by atoms with Crippen LogP contribution in [0.5, 0.6) is 0 Å². The van der Waals surface area contributed by atoms with Gasteiger partial charge in [0.2, 0.25) is 0 Å². The minimum atomic E-state index is -4.56. The minimum absolute atomic E-state index is 0.162. The van der Waals surface area contributed by atoms with Crippen molar-refractivity contribution < 1.29 is 13.2 Å². The molecule has 0 saturated carbocycles. The van der Waals surface area contributed by atoms with Crippen LogP contribution in [0.2, 0.25) is 0 Å². The topological polar surface area (TPSA) is 32.9 Å². The first-order valence-corrected chi connectivity index (χ1v) is 5.25. The Morgan fingerprint density at radius 3 is 2.22 bits per heavy atom. The molecule has 1 heterocycles. The van der Waals surface area contributed by atoms with E-state index in [0.717, 1.165) is 11.6 Å². The zero-order valence-corrected chi connectivity index (χ0v) is 9.51. The van der Waals surface area contributed by atoms with Crippen molar-refractivity contribution in [2.24, 2.45) is 0 Å². The molecular formula is C13H10F3NO. The van der Waals surface area contributed by atoms with Crippen LogP contribution < -0.4 is 5.43 Å². The smallest absolute Gasteiger partial charge is 0.351 e. The van der Waals surface area contributed by atoms with E-state index in [1.165, 1.54) is 0 Å². The molecule has 0 aliphatic carbocycles. The number of H-pyrrole nitrogens is 1. The number of alkyl halides is 3. The third-order valence-corrected chi connectivity index (χ3v) is 2.51. The van der Waals surface area contributed by atoms with E-state index in [9.17, 15) is 18.0 Å². The zero-order valence-electron chi connectivity index (χ0n) is 9.51. The van der Waals surface area contributed by atoms with Gasteiger partial charge >= 0.3 is 6.18 Å². The van der Waals surface area contributed by atoms with Crippen molar-refractivity contribution in [3.05, 3.63) is 57.9 Å². The van der Waals surface area contributed by atoms with E-state index in [-0.39, 0.29) is 5.69 Å². The summed E-state index contributed by atoms with van der Waals surface area (Å²) in [5, 5.41) is 0. The van der Waals surface area contributed by atoms with Gasteiger partial charge in [0, 0.05) is 17.8 Å². The van der Waals surface area contributed by atoms with Crippen LogP contribution in [0.3, 0.4) is 0 Å². The molecular weight excluding hydrogens is 243 g/mol. The highest BCUT2D eigenvalue weighted by Gasteiger charge is 2.32. The van der Waals surface area contributed by atoms with Crippen LogP contribution in [0.1, 0.15) is 11.3 Å². The lowest BCUT2D eigenvalue weighted by Gasteiger charge is -2.09. The lowest BCUT2D eigenvalue weighted by atomic mass is 10.1. The van der Waals surface area contributed by atoms with E-state index in [0.29, 0.717) is 11.6 Å². The molecule has 0 aliphatic heterocycles. The van der Waals surface area contributed by atoms with Crippen LogP contribution in [0.4, 0.5) is 13.2 Å². The van der Waals surface area contributed by atoms with Crippen molar-refractivity contribution >= 4 is 0 Å². The van der Waals surface area contributed by atoms with E-state index < -0.39 is 17.3 Å². The average Bonchev–Trinajstić information content (AvgIpc) is 2.28. The molecule has 0 fully saturated rings. The van der Waals surface area contributed by atoms with Crippen LogP contribution in [-0.4, -0.2) is 4.98 Å². The Hall–Kier alpha value is -2.04. The summed E-state index contributed by atoms with van der Waals surface area (Å²) in [7, 11) is 0. The van der Waals surface area contributed by atoms with Crippen LogP contribution in [0, 0.1) is 6.92 Å². The number of hydrogen-bond donors (Lipinski definition) is 1. The first-order valence-electron chi connectivity index (χ1n) is 5.25. The number of nitrogens with one attached hydrogen (secondary N) is 1. The normalized spacial score (nSPS) is 11.6. The zero-order chi connectivity index (χ0) is 13.3. The molecule has 94 valence electrons. The van der Waals surface area contributed by atoms with Gasteiger partial charge in [-0.15, -0.1) is 0 Å². The Morgan fingerprint density at radius 2 is 1.67 bits per heavy atom. The minimum Gasteiger partial charge on any atom is -0.351 e. The second kappa shape index (κ2) is 4.33. The van der Waals surface area contributed by atoms with Crippen molar-refractivity contribution in [2.75, 3.05) is 0 Å². The second-order valence-corrected chi connectivity index (χ2v) is 4.01. The molecule has 2 nitrogen and oxygen atoms in total. The molecule has 2 rings (SSSR count). The molecule has 1 aromatic carbocycles. The van der Waals surface area contributed by atoms with E-state index in [1.54, 1.807) is 24.3 Å². The van der Waals surface area contributed by atoms with Gasteiger partial charge < -0.3 is 4.98 Å². The number of aromatic nitrogens is 1. The molecule has 1 aromatic heterocycles. The number of aryl methyl sites for hydroxylation is 1. The highest BCUT2D eigenvalue weighted by molar-refractivity contribution is 5.59. The van der Waals surface area contributed by atoms with E-state index >= 15 is 0 Å². The first kappa shape index (κ1) is 12.4. The van der Waals surface area contributed by atoms with Gasteiger partial charge in [-0.1, -0.05) is 29.8 Å². The maximum Gasteiger partial charge on any atom is 0.431 e. The predicted octanol–water partition coefficient (Wildman–Crippen LogP) is 3.37. The average molecular weight is 253 g/mol. The number of hydrogen-bond acceptors (Lipinski definition) is 1. The molecule has 0 aliphatic rings. The Morgan fingerprint density at radius 1 is 1.06 bits per heavy atom. The molecule has 0 bridgehead atoms. The fraction of sp³-hybridized carbons (Fsp3) is 0.154. The monoisotopic (exact) mass is 253 g/mol. The van der Waals surface area contributed by atoms with Crippen LogP contribution in [0.25, 0.3) is 11.3 Å². The molecule has 0 atom stereocenters. The summed E-state index contributed by atoms with van der Waals surface area (Å²) in [6.45, 7) is 1.87. The Bertz CT molecular complexity index is 611. The summed E-state index contributed by atoms with van der Waals surface area (Å²) < 4.78 is 37.7. The second-order valence-electron chi connectivity index (χ2n) is 4.01. The van der Waals surface area contributed by atoms with Gasteiger partial charge in [0.1, 0.15) is 5.69 Å². The van der Waals surface area contributed by atoms with E-state index in [2.05, 4.69) is 4.98 Å². The lowest BCUT2D eigenvalue weighted by Crippen LogP contribution is -2.13. The quantitative estimate of drug-likeness (QED) is 0.830. The van der Waals surface area contributed by atoms with Crippen molar-refractivity contribution in [2.45, 2.75) is 13.1 Å². The van der Waals surface area contributed by atoms with Crippen molar-refractivity contribution in [1.82, 2.24) is 4.98 Å². The molecule has 0 radical (unpaired) electrons. The van der Waals surface area contributed by atoms with Crippen LogP contribution >= 0.6 is 0 Å². The van der Waals surface area contributed by atoms with Gasteiger partial charge in [0.25, 0.3) is 0 Å². The Labute approximate surface area is 101 Å². The van der Waals surface area contributed by atoms with Gasteiger partial charge in [-0.05, 0) is 12.5 Å². The highest BCUT2D eigenvalue weighted by atomic mass is 19.4. The molecule has 0 unspecified atom stereocenters. The lowest BCUT2D eigenvalue weighted by molar-refractivity contribution is -0.141. The van der Waals surface area contributed by atoms with Gasteiger partial charge in [-0.2, -0.15) is 13.2 Å². The summed E-state index contributed by atoms with van der Waals surface area (Å²) in [5.41, 5.74) is -0.00563. The molecule has 1 N–H and O–H groups in total. The summed E-state index contributed by atoms with van der Waals surface area (Å²) in [5.74, 6) is 0. The molecule has 0 amide bonds. The summed E-state index contributed by atoms with van der Waals surface area (Å²) in [4.78, 5) is 13.5. The molecule has 0 spiro atoms. The maximum absolute atomic E-state index is 12.6. The summed E-state index contributed by atoms with van der Waals surface area (Å²) in [6.07, 6.45) is -4.56. The Balaban J connectivity index is 2.55. The molecule has 0 saturated heterocycles. The highest BCUT2D eigenvalue weighted by Crippen LogP contribution is 2.28. The van der Waals surface area contributed by atoms with Crippen molar-refractivity contribution in [1.29, 1.82) is 0 Å². The summed E-state index contributed by atoms with van der Waals surface area (Å²) >= 11 is 0. The standard InChI is InChI=1S/C13H10F3NO/c1-8-2-4-9(5-3-8)11-6-10(18)7-12(17-11)13(14,15)16/h2-7H,1H3,(H,17,18). The fourth-order valence-corrected chi connectivity index (χ4v) is 1.58. The maximum atomic E-state index is 12.6. The first-order chi connectivity index (χ1) is 8.36. The van der Waals surface area contributed by atoms with E-state index in [1.807, 2.05) is 6.92 Å². The fourth-order valence-electron chi connectivity index (χ4n) is 1.58. The number of benzene rings is 1. The third kappa shape index (κ3) is 2.61. The summed E-state index contributed by atoms with van der Waals surface area (Å²) in [6, 6.07) is 8.58. The number of aromatic amines is 1. The van der Waals surface area contributed by atoms with E-state index in [4.69, 9.17) is 0 Å². The van der Waals surface area contributed by atoms with Crippen LogP contribution in [0.15, 0.2) is 41.2 Å². The van der Waals surface area contributed by atoms with Gasteiger partial charge in [0.05, 0.1) is 0 Å². The van der Waals surface area contributed by atoms with Crippen molar-refractivity contribution in [3.8, 4) is 11.3 Å². The Kier molecular flexibility index (Phi) is 2.98. The van der Waals surface area contributed by atoms with Crippen molar-refractivity contribution in [3.63, 3.8) is 0 Å². The molecule has 5 heteroatoms. The molecule has 2 aromatic rings. The number of pyridine rings is 1.